The van der Waals surface area contributed by atoms with Crippen LogP contribution in [0.4, 0.5) is 13.6 Å². The van der Waals surface area contributed by atoms with E-state index in [4.69, 9.17) is 15.3 Å². The predicted octanol–water partition coefficient (Wildman–Crippen LogP) is 0.468. The summed E-state index contributed by atoms with van der Waals surface area (Å²) in [6, 6.07) is -2.06. The summed E-state index contributed by atoms with van der Waals surface area (Å²) < 4.78 is 32.4. The zero-order valence-corrected chi connectivity index (χ0v) is 12.9. The van der Waals surface area contributed by atoms with Crippen molar-refractivity contribution in [3.05, 3.63) is 11.8 Å². The van der Waals surface area contributed by atoms with E-state index in [1.807, 2.05) is 0 Å². The maximum Gasteiger partial charge on any atom is 0.476 e. The van der Waals surface area contributed by atoms with Crippen LogP contribution in [0.5, 0.6) is 0 Å². The predicted molar refractivity (Wildman–Crippen MR) is 72.6 cm³/mol. The van der Waals surface area contributed by atoms with Crippen LogP contribution in [0.2, 0.25) is 0 Å². The number of alkyl halides is 2. The average Bonchev–Trinajstić information content (AvgIpc) is 3.06. The Hall–Kier alpha value is -2.34. The monoisotopic (exact) mass is 359 g/mol. The van der Waals surface area contributed by atoms with Crippen LogP contribution in [0.15, 0.2) is 4.42 Å². The molecular formula is C13H15F2N5O5. The molecule has 0 unspecified atom stereocenters. The van der Waals surface area contributed by atoms with Gasteiger partial charge in [-0.3, -0.25) is 0 Å². The molecule has 2 aliphatic heterocycles. The number of aromatic nitrogens is 2. The number of hydrogen-bond acceptors (Lipinski definition) is 7. The number of nitrogens with two attached hydrogens (primary N) is 1. The second-order valence-electron chi connectivity index (χ2n) is 6.51. The number of rotatable bonds is 5. The quantitative estimate of drug-likeness (QED) is 0.774. The molecule has 3 fully saturated rings. The molecule has 1 aliphatic carbocycles. The molecule has 3 heterocycles. The first-order valence-corrected chi connectivity index (χ1v) is 7.70. The number of hydroxylamine groups is 2. The van der Waals surface area contributed by atoms with Gasteiger partial charge in [0.15, 0.2) is 0 Å². The van der Waals surface area contributed by atoms with Crippen molar-refractivity contribution in [1.29, 1.82) is 0 Å². The van der Waals surface area contributed by atoms with Gasteiger partial charge in [-0.25, -0.2) is 9.59 Å². The van der Waals surface area contributed by atoms with Gasteiger partial charge in [0.1, 0.15) is 6.04 Å². The minimum Gasteiger partial charge on any atom is -0.475 e. The highest BCUT2D eigenvalue weighted by atomic mass is 19.3. The smallest absolute Gasteiger partial charge is 0.475 e. The molecule has 2 bridgehead atoms. The highest BCUT2D eigenvalue weighted by Gasteiger charge is 2.65. The van der Waals surface area contributed by atoms with Crippen LogP contribution in [-0.4, -0.2) is 56.0 Å². The van der Waals surface area contributed by atoms with Crippen molar-refractivity contribution in [2.24, 2.45) is 11.1 Å². The van der Waals surface area contributed by atoms with E-state index in [0.717, 1.165) is 0 Å². The van der Waals surface area contributed by atoms with Crippen molar-refractivity contribution in [2.45, 2.75) is 44.0 Å². The fraction of sp³-hybridized carbons (Fsp3) is 0.692. The third-order valence-electron chi connectivity index (χ3n) is 5.07. The Morgan fingerprint density at radius 1 is 1.48 bits per heavy atom. The third-order valence-corrected chi connectivity index (χ3v) is 5.07. The number of nitrogens with zero attached hydrogens (tertiary/aromatic N) is 4. The fourth-order valence-electron chi connectivity index (χ4n) is 3.60. The first-order valence-electron chi connectivity index (χ1n) is 7.70. The zero-order chi connectivity index (χ0) is 18.0. The number of piperidine rings is 1. The summed E-state index contributed by atoms with van der Waals surface area (Å²) in [6.07, 6.45) is -2.61. The van der Waals surface area contributed by atoms with Crippen LogP contribution >= 0.6 is 0 Å². The van der Waals surface area contributed by atoms with E-state index in [-0.39, 0.29) is 24.9 Å². The van der Waals surface area contributed by atoms with Gasteiger partial charge >= 0.3 is 18.1 Å². The molecule has 2 saturated heterocycles. The Morgan fingerprint density at radius 2 is 2.20 bits per heavy atom. The molecule has 2 amide bonds. The number of carboxylic acids is 1. The molecule has 1 aromatic rings. The van der Waals surface area contributed by atoms with E-state index in [1.54, 1.807) is 0 Å². The van der Waals surface area contributed by atoms with Crippen molar-refractivity contribution < 1.29 is 32.7 Å². The summed E-state index contributed by atoms with van der Waals surface area (Å²) >= 11 is 0. The number of carbonyl (C=O) groups excluding carboxylic acids is 1. The molecular weight excluding hydrogens is 344 g/mol. The Bertz CT molecular complexity index is 736. The second-order valence-corrected chi connectivity index (χ2v) is 6.51. The third kappa shape index (κ3) is 2.35. The largest absolute Gasteiger partial charge is 0.476 e. The van der Waals surface area contributed by atoms with Gasteiger partial charge < -0.3 is 20.2 Å². The van der Waals surface area contributed by atoms with Crippen LogP contribution < -0.4 is 5.73 Å². The van der Waals surface area contributed by atoms with Gasteiger partial charge in [-0.1, -0.05) is 0 Å². The topological polar surface area (TPSA) is 135 Å². The van der Waals surface area contributed by atoms with Crippen LogP contribution in [0.3, 0.4) is 0 Å². The van der Waals surface area contributed by atoms with E-state index in [0.29, 0.717) is 24.3 Å². The minimum absolute atomic E-state index is 0.0432. The molecule has 1 spiro atoms. The number of urea groups is 1. The van der Waals surface area contributed by atoms with Gasteiger partial charge in [0.2, 0.25) is 11.8 Å². The fourth-order valence-corrected chi connectivity index (χ4v) is 3.60. The summed E-state index contributed by atoms with van der Waals surface area (Å²) in [6.45, 7) is 0.168. The lowest BCUT2D eigenvalue weighted by atomic mass is 9.85. The van der Waals surface area contributed by atoms with Gasteiger partial charge in [0.05, 0.1) is 12.6 Å². The highest BCUT2D eigenvalue weighted by molar-refractivity contribution is 5.78. The summed E-state index contributed by atoms with van der Waals surface area (Å²) in [4.78, 5) is 28.8. The van der Waals surface area contributed by atoms with Gasteiger partial charge in [-0.15, -0.1) is 10.2 Å². The number of halogens is 2. The van der Waals surface area contributed by atoms with Crippen LogP contribution in [0, 0.1) is 5.41 Å². The number of hydrogen-bond donors (Lipinski definition) is 2. The Morgan fingerprint density at radius 3 is 2.76 bits per heavy atom. The molecule has 3 N–H and O–H groups in total. The van der Waals surface area contributed by atoms with Crippen molar-refractivity contribution in [3.8, 4) is 0 Å². The van der Waals surface area contributed by atoms with E-state index in [2.05, 4.69) is 15.0 Å². The Labute approximate surface area is 139 Å². The SMILES string of the molecule is NCc1nnc([C@@H]2CC3(CC3)[C@@H]3CN2C(=O)N3OC(F)(F)C(=O)O)o1. The normalized spacial score (nSPS) is 27.2. The summed E-state index contributed by atoms with van der Waals surface area (Å²) in [5.74, 6) is -2.06. The lowest BCUT2D eigenvalue weighted by molar-refractivity contribution is -0.330. The summed E-state index contributed by atoms with van der Waals surface area (Å²) in [5, 5.41) is 16.7. The molecule has 2 atom stereocenters. The molecule has 10 nitrogen and oxygen atoms in total. The molecule has 3 aliphatic rings. The number of amides is 2. The number of fused-ring (bicyclic) bond motifs is 3. The van der Waals surface area contributed by atoms with E-state index >= 15 is 0 Å². The van der Waals surface area contributed by atoms with Gasteiger partial charge in [0.25, 0.3) is 0 Å². The van der Waals surface area contributed by atoms with Crippen LogP contribution in [-0.2, 0) is 16.2 Å². The first-order chi connectivity index (χ1) is 11.8. The van der Waals surface area contributed by atoms with Crippen molar-refractivity contribution in [2.75, 3.05) is 6.54 Å². The van der Waals surface area contributed by atoms with Gasteiger partial charge in [-0.2, -0.15) is 18.7 Å². The molecule has 136 valence electrons. The molecule has 25 heavy (non-hydrogen) atoms. The van der Waals surface area contributed by atoms with Gasteiger partial charge in [-0.05, 0) is 24.7 Å². The molecule has 0 radical (unpaired) electrons. The van der Waals surface area contributed by atoms with E-state index < -0.39 is 35.6 Å². The Kier molecular flexibility index (Phi) is 3.28. The summed E-state index contributed by atoms with van der Waals surface area (Å²) in [7, 11) is 0. The maximum atomic E-state index is 13.5. The molecule has 12 heteroatoms. The highest BCUT2D eigenvalue weighted by Crippen LogP contribution is 2.62. The molecule has 1 aromatic heterocycles. The van der Waals surface area contributed by atoms with Crippen LogP contribution in [0.1, 0.15) is 37.1 Å². The molecule has 0 aromatic carbocycles. The van der Waals surface area contributed by atoms with Crippen molar-refractivity contribution in [1.82, 2.24) is 20.2 Å². The molecule has 4 rings (SSSR count). The first kappa shape index (κ1) is 16.1. The minimum atomic E-state index is -4.49. The van der Waals surface area contributed by atoms with Gasteiger partial charge in [0, 0.05) is 6.54 Å². The van der Waals surface area contributed by atoms with Crippen LogP contribution in [0.25, 0.3) is 0 Å². The second kappa shape index (κ2) is 5.08. The van der Waals surface area contributed by atoms with Crippen molar-refractivity contribution in [3.63, 3.8) is 0 Å². The maximum absolute atomic E-state index is 13.5. The standard InChI is InChI=1S/C13H15F2N5O5/c14-13(15,10(21)22)25-20-7-5-19(11(20)23)6(3-12(7)1-2-12)9-18-17-8(4-16)24-9/h6-7H,1-5,16H2,(H,21,22)/t6-,7-/m0/s1. The number of carbonyl (C=O) groups is 2. The lowest BCUT2D eigenvalue weighted by Crippen LogP contribution is -2.47. The van der Waals surface area contributed by atoms with E-state index in [9.17, 15) is 18.4 Å². The molecule has 1 saturated carbocycles. The average molecular weight is 359 g/mol. The van der Waals surface area contributed by atoms with E-state index in [1.165, 1.54) is 4.90 Å². The summed E-state index contributed by atoms with van der Waals surface area (Å²) in [5.41, 5.74) is 5.02. The number of aliphatic carboxylic acids is 1. The lowest BCUT2D eigenvalue weighted by Gasteiger charge is -2.35. The van der Waals surface area contributed by atoms with Crippen molar-refractivity contribution >= 4 is 12.0 Å². The number of carboxylic acid groups (broad SMARTS) is 1. The zero-order valence-electron chi connectivity index (χ0n) is 12.9. The Balaban J connectivity index is 1.64.